The fourth-order valence-corrected chi connectivity index (χ4v) is 1.96. The average molecular weight is 325 g/mol. The number of alkyl halides is 6. The molecular formula is C11H9F6N5. The molecule has 1 N–H and O–H groups in total. The number of H-pyrrole nitrogens is 1. The van der Waals surface area contributed by atoms with E-state index in [9.17, 15) is 26.3 Å². The summed E-state index contributed by atoms with van der Waals surface area (Å²) in [6.07, 6.45) is -9.95. The Bertz CT molecular complexity index is 624. The Hall–Kier alpha value is -2.33. The van der Waals surface area contributed by atoms with Crippen molar-refractivity contribution >= 4 is 5.69 Å². The monoisotopic (exact) mass is 325 g/mol. The van der Waals surface area contributed by atoms with Crippen LogP contribution in [0.15, 0.2) is 12.1 Å². The molecule has 0 radical (unpaired) electrons. The molecule has 11 heteroatoms. The lowest BCUT2D eigenvalue weighted by Crippen LogP contribution is -2.22. The first-order chi connectivity index (χ1) is 10.0. The number of aromatic nitrogens is 4. The lowest BCUT2D eigenvalue weighted by atomic mass is 10.00. The van der Waals surface area contributed by atoms with Gasteiger partial charge in [-0.3, -0.25) is 0 Å². The van der Waals surface area contributed by atoms with Crippen LogP contribution >= 0.6 is 0 Å². The summed E-state index contributed by atoms with van der Waals surface area (Å²) >= 11 is 0. The van der Waals surface area contributed by atoms with Crippen LogP contribution in [0.1, 0.15) is 11.1 Å². The molecule has 22 heavy (non-hydrogen) atoms. The van der Waals surface area contributed by atoms with Gasteiger partial charge in [-0.15, -0.1) is 10.2 Å². The zero-order chi connectivity index (χ0) is 16.7. The Balaban J connectivity index is 2.83. The van der Waals surface area contributed by atoms with E-state index in [-0.39, 0.29) is 5.82 Å². The van der Waals surface area contributed by atoms with Crippen LogP contribution in [0.5, 0.6) is 0 Å². The van der Waals surface area contributed by atoms with Crippen LogP contribution in [0.2, 0.25) is 0 Å². The number of hydrogen-bond donors (Lipinski definition) is 1. The molecule has 0 aliphatic rings. The van der Waals surface area contributed by atoms with Crippen molar-refractivity contribution in [2.45, 2.75) is 12.4 Å². The summed E-state index contributed by atoms with van der Waals surface area (Å²) in [6.45, 7) is 0. The van der Waals surface area contributed by atoms with Crippen LogP contribution in [0.4, 0.5) is 32.0 Å². The van der Waals surface area contributed by atoms with E-state index in [1.54, 1.807) is 0 Å². The molecule has 0 bridgehead atoms. The number of nitrogens with zero attached hydrogens (tertiary/aromatic N) is 4. The highest BCUT2D eigenvalue weighted by Crippen LogP contribution is 2.45. The topological polar surface area (TPSA) is 57.7 Å². The molecule has 1 aromatic carbocycles. The molecular weight excluding hydrogens is 316 g/mol. The van der Waals surface area contributed by atoms with Crippen LogP contribution < -0.4 is 4.90 Å². The molecule has 2 rings (SSSR count). The third-order valence-corrected chi connectivity index (χ3v) is 2.77. The molecule has 120 valence electrons. The number of halogens is 6. The highest BCUT2D eigenvalue weighted by molar-refractivity contribution is 5.70. The van der Waals surface area contributed by atoms with Gasteiger partial charge in [0.2, 0.25) is 5.82 Å². The van der Waals surface area contributed by atoms with Gasteiger partial charge in [-0.2, -0.15) is 31.6 Å². The Morgan fingerprint density at radius 2 is 1.45 bits per heavy atom. The summed E-state index contributed by atoms with van der Waals surface area (Å²) in [5.74, 6) is -0.360. The van der Waals surface area contributed by atoms with Gasteiger partial charge < -0.3 is 4.90 Å². The largest absolute Gasteiger partial charge is 0.418 e. The highest BCUT2D eigenvalue weighted by Gasteiger charge is 2.42. The van der Waals surface area contributed by atoms with Gasteiger partial charge in [0.1, 0.15) is 0 Å². The van der Waals surface area contributed by atoms with Gasteiger partial charge in [0.15, 0.2) is 0 Å². The zero-order valence-corrected chi connectivity index (χ0v) is 11.2. The predicted octanol–water partition coefficient (Wildman–Crippen LogP) is 2.97. The Labute approximate surface area is 119 Å². The minimum Gasteiger partial charge on any atom is -0.377 e. The quantitative estimate of drug-likeness (QED) is 0.863. The lowest BCUT2D eigenvalue weighted by Gasteiger charge is -2.24. The summed E-state index contributed by atoms with van der Waals surface area (Å²) < 4.78 is 78.8. The molecule has 1 heterocycles. The summed E-state index contributed by atoms with van der Waals surface area (Å²) in [4.78, 5) is 0.769. The van der Waals surface area contributed by atoms with Gasteiger partial charge >= 0.3 is 12.4 Å². The zero-order valence-electron chi connectivity index (χ0n) is 11.2. The Kier molecular flexibility index (Phi) is 3.75. The van der Waals surface area contributed by atoms with Crippen LogP contribution in [-0.2, 0) is 12.4 Å². The number of aromatic amines is 1. The molecule has 0 atom stereocenters. The number of benzene rings is 1. The van der Waals surface area contributed by atoms with Crippen LogP contribution in [0.3, 0.4) is 0 Å². The normalized spacial score (nSPS) is 12.5. The molecule has 5 nitrogen and oxygen atoms in total. The molecule has 0 fully saturated rings. The van der Waals surface area contributed by atoms with E-state index in [1.807, 2.05) is 5.21 Å². The maximum atomic E-state index is 13.1. The van der Waals surface area contributed by atoms with E-state index in [0.29, 0.717) is 12.1 Å². The van der Waals surface area contributed by atoms with Crippen LogP contribution in [0.25, 0.3) is 11.4 Å². The summed E-state index contributed by atoms with van der Waals surface area (Å²) in [7, 11) is 2.21. The molecule has 0 aliphatic carbocycles. The second-order valence-electron chi connectivity index (χ2n) is 4.55. The fourth-order valence-electron chi connectivity index (χ4n) is 1.96. The van der Waals surface area contributed by atoms with Crippen molar-refractivity contribution in [3.05, 3.63) is 23.3 Å². The van der Waals surface area contributed by atoms with Gasteiger partial charge in [0.05, 0.1) is 16.8 Å². The molecule has 2 aromatic rings. The number of hydrogen-bond acceptors (Lipinski definition) is 4. The number of nitrogens with one attached hydrogen (secondary N) is 1. The summed E-state index contributed by atoms with van der Waals surface area (Å²) in [5, 5.41) is 11.9. The van der Waals surface area contributed by atoms with Gasteiger partial charge in [-0.1, -0.05) is 0 Å². The van der Waals surface area contributed by atoms with Gasteiger partial charge in [-0.25, -0.2) is 0 Å². The van der Waals surface area contributed by atoms with E-state index >= 15 is 0 Å². The first-order valence-corrected chi connectivity index (χ1v) is 5.75. The maximum Gasteiger partial charge on any atom is 0.418 e. The van der Waals surface area contributed by atoms with Crippen molar-refractivity contribution in [3.63, 3.8) is 0 Å². The Morgan fingerprint density at radius 3 is 1.77 bits per heavy atom. The van der Waals surface area contributed by atoms with Crippen molar-refractivity contribution in [1.29, 1.82) is 0 Å². The van der Waals surface area contributed by atoms with E-state index in [0.717, 1.165) is 19.0 Å². The third kappa shape index (κ3) is 2.97. The molecule has 0 spiro atoms. The molecule has 0 saturated carbocycles. The summed E-state index contributed by atoms with van der Waals surface area (Å²) in [6, 6.07) is 1.13. The first kappa shape index (κ1) is 16.0. The van der Waals surface area contributed by atoms with Crippen molar-refractivity contribution in [2.75, 3.05) is 19.0 Å². The standard InChI is InChI=1S/C11H9F6N5/c1-22(2)8-6(10(12,13)14)3-5(9-18-20-21-19-9)4-7(8)11(15,16)17/h3-4H,1-2H3,(H,18,19,20,21). The molecule has 0 saturated heterocycles. The van der Waals surface area contributed by atoms with Crippen molar-refractivity contribution in [3.8, 4) is 11.4 Å². The second-order valence-corrected chi connectivity index (χ2v) is 4.55. The van der Waals surface area contributed by atoms with Gasteiger partial charge in [-0.05, 0) is 17.3 Å². The molecule has 0 amide bonds. The van der Waals surface area contributed by atoms with Crippen LogP contribution in [-0.4, -0.2) is 34.7 Å². The highest BCUT2D eigenvalue weighted by atomic mass is 19.4. The van der Waals surface area contributed by atoms with Crippen molar-refractivity contribution in [2.24, 2.45) is 0 Å². The third-order valence-electron chi connectivity index (χ3n) is 2.77. The molecule has 0 aliphatic heterocycles. The minimum atomic E-state index is -4.97. The average Bonchev–Trinajstić information content (AvgIpc) is 2.88. The SMILES string of the molecule is CN(C)c1c(C(F)(F)F)cc(-c2nn[nH]n2)cc1C(F)(F)F. The smallest absolute Gasteiger partial charge is 0.377 e. The predicted molar refractivity (Wildman–Crippen MR) is 63.9 cm³/mol. The van der Waals surface area contributed by atoms with Crippen LogP contribution in [0, 0.1) is 0 Å². The minimum absolute atomic E-state index is 0.360. The van der Waals surface area contributed by atoms with E-state index < -0.39 is 34.7 Å². The number of anilines is 1. The van der Waals surface area contributed by atoms with Crippen molar-refractivity contribution in [1.82, 2.24) is 20.6 Å². The summed E-state index contributed by atoms with van der Waals surface area (Å²) in [5.41, 5.74) is -4.24. The molecule has 1 aromatic heterocycles. The number of rotatable bonds is 2. The fraction of sp³-hybridized carbons (Fsp3) is 0.364. The Morgan fingerprint density at radius 1 is 0.955 bits per heavy atom. The maximum absolute atomic E-state index is 13.1. The first-order valence-electron chi connectivity index (χ1n) is 5.75. The van der Waals surface area contributed by atoms with E-state index in [1.165, 1.54) is 0 Å². The van der Waals surface area contributed by atoms with Crippen molar-refractivity contribution < 1.29 is 26.3 Å². The second kappa shape index (κ2) is 5.14. The molecule has 0 unspecified atom stereocenters. The van der Waals surface area contributed by atoms with E-state index in [4.69, 9.17) is 0 Å². The van der Waals surface area contributed by atoms with Gasteiger partial charge in [0, 0.05) is 19.7 Å². The van der Waals surface area contributed by atoms with E-state index in [2.05, 4.69) is 15.4 Å². The van der Waals surface area contributed by atoms with Gasteiger partial charge in [0.25, 0.3) is 0 Å². The lowest BCUT2D eigenvalue weighted by molar-refractivity contribution is -0.142. The number of tetrazole rings is 1.